The lowest BCUT2D eigenvalue weighted by Gasteiger charge is -2.32. The summed E-state index contributed by atoms with van der Waals surface area (Å²) in [6, 6.07) is 6.76. The van der Waals surface area contributed by atoms with Gasteiger partial charge < -0.3 is 9.13 Å². The van der Waals surface area contributed by atoms with Gasteiger partial charge in [0.1, 0.15) is 11.6 Å². The molecule has 1 aliphatic rings. The topological polar surface area (TPSA) is 51.8 Å². The van der Waals surface area contributed by atoms with Gasteiger partial charge in [-0.2, -0.15) is 0 Å². The third-order valence-electron chi connectivity index (χ3n) is 6.09. The van der Waals surface area contributed by atoms with Gasteiger partial charge in [-0.3, -0.25) is 4.90 Å². The molecule has 6 heteroatoms. The molecule has 4 rings (SSSR count). The Kier molecular flexibility index (Phi) is 5.31. The third-order valence-corrected chi connectivity index (χ3v) is 6.09. The Bertz CT molecular complexity index is 946. The van der Waals surface area contributed by atoms with Gasteiger partial charge in [0.05, 0.1) is 6.54 Å². The highest BCUT2D eigenvalue weighted by atomic mass is 15.3. The molecule has 0 unspecified atom stereocenters. The molecule has 1 saturated heterocycles. The molecule has 0 saturated carbocycles. The second-order valence-corrected chi connectivity index (χ2v) is 8.12. The minimum absolute atomic E-state index is 0.491. The molecule has 0 N–H and O–H groups in total. The second-order valence-electron chi connectivity index (χ2n) is 8.12. The molecule has 0 spiro atoms. The summed E-state index contributed by atoms with van der Waals surface area (Å²) >= 11 is 0. The molecule has 6 nitrogen and oxygen atoms in total. The standard InChI is InChI=1S/C22H30N6/c1-16-5-6-17(2)20(13-16)14-27-10-7-19(8-11-27)22-25-24-21(26(22)4)15-28-12-9-23-18(28)3/h5-6,9,12-13,19H,7-8,10-11,14-15H2,1-4H3. The van der Waals surface area contributed by atoms with Crippen LogP contribution in [0.2, 0.25) is 0 Å². The summed E-state index contributed by atoms with van der Waals surface area (Å²) in [6.45, 7) is 10.4. The summed E-state index contributed by atoms with van der Waals surface area (Å²) in [7, 11) is 2.10. The van der Waals surface area contributed by atoms with E-state index in [0.717, 1.165) is 56.5 Å². The largest absolute Gasteiger partial charge is 0.328 e. The van der Waals surface area contributed by atoms with Crippen molar-refractivity contribution in [3.63, 3.8) is 0 Å². The fourth-order valence-corrected chi connectivity index (χ4v) is 4.15. The zero-order valence-electron chi connectivity index (χ0n) is 17.4. The molecule has 28 heavy (non-hydrogen) atoms. The highest BCUT2D eigenvalue weighted by molar-refractivity contribution is 5.30. The summed E-state index contributed by atoms with van der Waals surface area (Å²) in [5.41, 5.74) is 4.19. The lowest BCUT2D eigenvalue weighted by Crippen LogP contribution is -2.33. The molecule has 3 heterocycles. The lowest BCUT2D eigenvalue weighted by atomic mass is 9.95. The number of nitrogens with zero attached hydrogens (tertiary/aromatic N) is 6. The van der Waals surface area contributed by atoms with E-state index in [1.54, 1.807) is 0 Å². The molecule has 1 aromatic carbocycles. The van der Waals surface area contributed by atoms with Gasteiger partial charge in [0.15, 0.2) is 5.82 Å². The number of imidazole rings is 1. The molecule has 1 fully saturated rings. The van der Waals surface area contributed by atoms with E-state index in [0.29, 0.717) is 5.92 Å². The summed E-state index contributed by atoms with van der Waals surface area (Å²) < 4.78 is 4.30. The van der Waals surface area contributed by atoms with Crippen LogP contribution in [0.5, 0.6) is 0 Å². The Morgan fingerprint density at radius 3 is 2.54 bits per heavy atom. The van der Waals surface area contributed by atoms with Crippen LogP contribution in [0.25, 0.3) is 0 Å². The fraction of sp³-hybridized carbons (Fsp3) is 0.500. The minimum atomic E-state index is 0.491. The molecular weight excluding hydrogens is 348 g/mol. The van der Waals surface area contributed by atoms with Crippen molar-refractivity contribution in [1.82, 2.24) is 29.2 Å². The Balaban J connectivity index is 1.39. The van der Waals surface area contributed by atoms with Crippen molar-refractivity contribution >= 4 is 0 Å². The van der Waals surface area contributed by atoms with Crippen molar-refractivity contribution in [1.29, 1.82) is 0 Å². The van der Waals surface area contributed by atoms with Crippen molar-refractivity contribution in [2.75, 3.05) is 13.1 Å². The Morgan fingerprint density at radius 1 is 1.04 bits per heavy atom. The van der Waals surface area contributed by atoms with Crippen LogP contribution in [-0.4, -0.2) is 42.3 Å². The van der Waals surface area contributed by atoms with E-state index in [1.165, 1.54) is 16.7 Å². The van der Waals surface area contributed by atoms with Gasteiger partial charge in [0, 0.05) is 31.9 Å². The SMILES string of the molecule is Cc1ccc(C)c(CN2CCC(c3nnc(Cn4ccnc4C)n3C)CC2)c1. The fourth-order valence-electron chi connectivity index (χ4n) is 4.15. The van der Waals surface area contributed by atoms with E-state index in [1.807, 2.05) is 19.3 Å². The smallest absolute Gasteiger partial charge is 0.152 e. The summed E-state index contributed by atoms with van der Waals surface area (Å²) in [5, 5.41) is 9.01. The van der Waals surface area contributed by atoms with E-state index in [9.17, 15) is 0 Å². The molecule has 0 amide bonds. The van der Waals surface area contributed by atoms with E-state index in [2.05, 4.69) is 68.3 Å². The zero-order valence-corrected chi connectivity index (χ0v) is 17.4. The van der Waals surface area contributed by atoms with Crippen LogP contribution in [0.3, 0.4) is 0 Å². The minimum Gasteiger partial charge on any atom is -0.328 e. The van der Waals surface area contributed by atoms with E-state index < -0.39 is 0 Å². The first-order valence-electron chi connectivity index (χ1n) is 10.2. The zero-order chi connectivity index (χ0) is 19.7. The van der Waals surface area contributed by atoms with Crippen LogP contribution in [0, 0.1) is 20.8 Å². The van der Waals surface area contributed by atoms with Crippen LogP contribution in [0.15, 0.2) is 30.6 Å². The quantitative estimate of drug-likeness (QED) is 0.683. The van der Waals surface area contributed by atoms with Gasteiger partial charge in [-0.05, 0) is 57.8 Å². The van der Waals surface area contributed by atoms with Crippen LogP contribution >= 0.6 is 0 Å². The number of aromatic nitrogens is 5. The average Bonchev–Trinajstić information content (AvgIpc) is 3.25. The normalized spacial score (nSPS) is 16.0. The maximum atomic E-state index is 4.55. The summed E-state index contributed by atoms with van der Waals surface area (Å²) in [5.74, 6) is 3.61. The van der Waals surface area contributed by atoms with Crippen molar-refractivity contribution in [2.45, 2.75) is 52.6 Å². The maximum Gasteiger partial charge on any atom is 0.152 e. The van der Waals surface area contributed by atoms with Gasteiger partial charge in [0.25, 0.3) is 0 Å². The predicted molar refractivity (Wildman–Crippen MR) is 110 cm³/mol. The van der Waals surface area contributed by atoms with E-state index in [4.69, 9.17) is 0 Å². The molecule has 148 valence electrons. The molecule has 3 aromatic rings. The molecule has 0 bridgehead atoms. The summed E-state index contributed by atoms with van der Waals surface area (Å²) in [6.07, 6.45) is 6.11. The molecule has 2 aromatic heterocycles. The van der Waals surface area contributed by atoms with E-state index in [-0.39, 0.29) is 0 Å². The first-order chi connectivity index (χ1) is 13.5. The molecule has 0 atom stereocenters. The van der Waals surface area contributed by atoms with Gasteiger partial charge in [0.2, 0.25) is 0 Å². The van der Waals surface area contributed by atoms with E-state index >= 15 is 0 Å². The number of rotatable bonds is 5. The molecule has 0 radical (unpaired) electrons. The van der Waals surface area contributed by atoms with Gasteiger partial charge in [-0.15, -0.1) is 10.2 Å². The van der Waals surface area contributed by atoms with Crippen LogP contribution < -0.4 is 0 Å². The van der Waals surface area contributed by atoms with Crippen LogP contribution in [0.4, 0.5) is 0 Å². The first kappa shape index (κ1) is 18.9. The maximum absolute atomic E-state index is 4.55. The van der Waals surface area contributed by atoms with Gasteiger partial charge in [-0.1, -0.05) is 23.8 Å². The monoisotopic (exact) mass is 378 g/mol. The first-order valence-corrected chi connectivity index (χ1v) is 10.2. The van der Waals surface area contributed by atoms with Gasteiger partial charge in [-0.25, -0.2) is 4.98 Å². The Morgan fingerprint density at radius 2 is 1.82 bits per heavy atom. The lowest BCUT2D eigenvalue weighted by molar-refractivity contribution is 0.200. The van der Waals surface area contributed by atoms with Gasteiger partial charge >= 0.3 is 0 Å². The third kappa shape index (κ3) is 3.87. The molecule has 1 aliphatic heterocycles. The second kappa shape index (κ2) is 7.87. The van der Waals surface area contributed by atoms with Crippen molar-refractivity contribution < 1.29 is 0 Å². The Hall–Kier alpha value is -2.47. The number of hydrogen-bond acceptors (Lipinski definition) is 4. The molecule has 0 aliphatic carbocycles. The van der Waals surface area contributed by atoms with Crippen molar-refractivity contribution in [2.24, 2.45) is 7.05 Å². The Labute approximate surface area is 167 Å². The number of aryl methyl sites for hydroxylation is 3. The highest BCUT2D eigenvalue weighted by Gasteiger charge is 2.25. The predicted octanol–water partition coefficient (Wildman–Crippen LogP) is 3.36. The number of hydrogen-bond donors (Lipinski definition) is 0. The van der Waals surface area contributed by atoms with Crippen molar-refractivity contribution in [3.8, 4) is 0 Å². The molecular formula is C22H30N6. The summed E-state index contributed by atoms with van der Waals surface area (Å²) in [4.78, 5) is 6.87. The number of likely N-dealkylation sites (tertiary alicyclic amines) is 1. The average molecular weight is 379 g/mol. The van der Waals surface area contributed by atoms with Crippen LogP contribution in [0.1, 0.15) is 52.9 Å². The van der Waals surface area contributed by atoms with Crippen molar-refractivity contribution in [3.05, 3.63) is 64.8 Å². The highest BCUT2D eigenvalue weighted by Crippen LogP contribution is 2.28. The number of piperidine rings is 1. The number of benzene rings is 1. The van der Waals surface area contributed by atoms with Crippen LogP contribution in [-0.2, 0) is 20.1 Å².